The zero-order chi connectivity index (χ0) is 9.23. The quantitative estimate of drug-likeness (QED) is 0.570. The standard InChI is InChI=1S/C5H7F4NO/c1-10(2)4(11)5(8,9)3(6)7/h3H,1-2H3. The molecule has 0 aromatic heterocycles. The second-order valence-electron chi connectivity index (χ2n) is 2.12. The van der Waals surface area contributed by atoms with Crippen molar-refractivity contribution in [2.45, 2.75) is 12.3 Å². The Balaban J connectivity index is 4.43. The minimum Gasteiger partial charge on any atom is -0.343 e. The smallest absolute Gasteiger partial charge is 0.343 e. The summed E-state index contributed by atoms with van der Waals surface area (Å²) >= 11 is 0. The lowest BCUT2D eigenvalue weighted by molar-refractivity contribution is -0.177. The van der Waals surface area contributed by atoms with Crippen molar-refractivity contribution in [2.75, 3.05) is 14.1 Å². The first-order valence-corrected chi connectivity index (χ1v) is 2.68. The minimum absolute atomic E-state index is 0.423. The number of hydrogen-bond acceptors (Lipinski definition) is 1. The lowest BCUT2D eigenvalue weighted by atomic mass is 10.3. The molecule has 0 spiro atoms. The molecule has 6 heteroatoms. The molecule has 0 aliphatic carbocycles. The SMILES string of the molecule is CN(C)C(=O)C(F)(F)C(F)F. The molecule has 0 aliphatic rings. The largest absolute Gasteiger partial charge is 0.383 e. The van der Waals surface area contributed by atoms with E-state index in [1.54, 1.807) is 0 Å². The molecule has 0 aliphatic heterocycles. The number of nitrogens with zero attached hydrogens (tertiary/aromatic N) is 1. The fourth-order valence-corrected chi connectivity index (χ4v) is 0.391. The third kappa shape index (κ3) is 2.06. The molecule has 11 heavy (non-hydrogen) atoms. The van der Waals surface area contributed by atoms with Gasteiger partial charge in [-0.25, -0.2) is 8.78 Å². The Morgan fingerprint density at radius 2 is 1.73 bits per heavy atom. The Bertz CT molecular complexity index is 157. The highest BCUT2D eigenvalue weighted by Gasteiger charge is 2.49. The molecule has 0 unspecified atom stereocenters. The molecule has 66 valence electrons. The first-order chi connectivity index (χ1) is 4.80. The first kappa shape index (κ1) is 10.2. The normalized spacial score (nSPS) is 11.9. The van der Waals surface area contributed by atoms with Crippen LogP contribution in [0.5, 0.6) is 0 Å². The molecule has 0 rings (SSSR count). The fraction of sp³-hybridized carbons (Fsp3) is 0.800. The van der Waals surface area contributed by atoms with Crippen LogP contribution in [0.2, 0.25) is 0 Å². The maximum atomic E-state index is 12.0. The van der Waals surface area contributed by atoms with Crippen LogP contribution in [0.4, 0.5) is 17.6 Å². The van der Waals surface area contributed by atoms with Gasteiger partial charge in [-0.2, -0.15) is 8.78 Å². The molecule has 0 saturated heterocycles. The molecule has 0 N–H and O–H groups in total. The van der Waals surface area contributed by atoms with Gasteiger partial charge in [0, 0.05) is 14.1 Å². The summed E-state index contributed by atoms with van der Waals surface area (Å²) in [5, 5.41) is 0. The van der Waals surface area contributed by atoms with E-state index in [0.717, 1.165) is 14.1 Å². The van der Waals surface area contributed by atoms with Crippen LogP contribution < -0.4 is 0 Å². The van der Waals surface area contributed by atoms with Crippen molar-refractivity contribution in [1.29, 1.82) is 0 Å². The zero-order valence-corrected chi connectivity index (χ0v) is 5.94. The number of alkyl halides is 4. The van der Waals surface area contributed by atoms with Crippen LogP contribution in [-0.4, -0.2) is 37.3 Å². The molecule has 1 amide bonds. The van der Waals surface area contributed by atoms with Crippen LogP contribution >= 0.6 is 0 Å². The van der Waals surface area contributed by atoms with Crippen LogP contribution in [0.3, 0.4) is 0 Å². The number of carbonyl (C=O) groups excluding carboxylic acids is 1. The molecule has 0 heterocycles. The van der Waals surface area contributed by atoms with E-state index < -0.39 is 18.3 Å². The fourth-order valence-electron chi connectivity index (χ4n) is 0.391. The number of rotatable bonds is 2. The Labute approximate surface area is 60.8 Å². The van der Waals surface area contributed by atoms with E-state index in [2.05, 4.69) is 0 Å². The Kier molecular flexibility index (Phi) is 2.84. The molecule has 0 radical (unpaired) electrons. The summed E-state index contributed by atoms with van der Waals surface area (Å²) < 4.78 is 47.0. The number of hydrogen-bond donors (Lipinski definition) is 0. The van der Waals surface area contributed by atoms with Gasteiger partial charge in [0.1, 0.15) is 0 Å². The van der Waals surface area contributed by atoms with E-state index in [0.29, 0.717) is 4.90 Å². The summed E-state index contributed by atoms with van der Waals surface area (Å²) in [6.07, 6.45) is -3.95. The van der Waals surface area contributed by atoms with Crippen LogP contribution in [-0.2, 0) is 4.79 Å². The van der Waals surface area contributed by atoms with Crippen molar-refractivity contribution < 1.29 is 22.4 Å². The lowest BCUT2D eigenvalue weighted by Gasteiger charge is -2.18. The highest BCUT2D eigenvalue weighted by molar-refractivity contribution is 5.83. The number of amides is 1. The van der Waals surface area contributed by atoms with Gasteiger partial charge in [-0.15, -0.1) is 0 Å². The Morgan fingerprint density at radius 1 is 1.36 bits per heavy atom. The summed E-state index contributed by atoms with van der Waals surface area (Å²) in [6.45, 7) is 0. The Hall–Kier alpha value is -0.810. The van der Waals surface area contributed by atoms with E-state index in [-0.39, 0.29) is 0 Å². The Morgan fingerprint density at radius 3 is 1.82 bits per heavy atom. The molecule has 0 atom stereocenters. The van der Waals surface area contributed by atoms with Gasteiger partial charge in [-0.1, -0.05) is 0 Å². The monoisotopic (exact) mass is 173 g/mol. The van der Waals surface area contributed by atoms with Gasteiger partial charge in [-0.3, -0.25) is 4.79 Å². The van der Waals surface area contributed by atoms with Crippen molar-refractivity contribution in [2.24, 2.45) is 0 Å². The zero-order valence-electron chi connectivity index (χ0n) is 5.94. The maximum Gasteiger partial charge on any atom is 0.383 e. The lowest BCUT2D eigenvalue weighted by Crippen LogP contribution is -2.44. The average Bonchev–Trinajstić information content (AvgIpc) is 1.85. The molecule has 0 aromatic carbocycles. The van der Waals surface area contributed by atoms with Crippen molar-refractivity contribution in [1.82, 2.24) is 4.90 Å². The van der Waals surface area contributed by atoms with Gasteiger partial charge in [0.15, 0.2) is 0 Å². The van der Waals surface area contributed by atoms with Gasteiger partial charge in [0.05, 0.1) is 0 Å². The van der Waals surface area contributed by atoms with Crippen LogP contribution in [0.25, 0.3) is 0 Å². The van der Waals surface area contributed by atoms with Crippen LogP contribution in [0.1, 0.15) is 0 Å². The summed E-state index contributed by atoms with van der Waals surface area (Å²) in [7, 11) is 1.97. The molecule has 0 saturated carbocycles. The van der Waals surface area contributed by atoms with Crippen molar-refractivity contribution in [3.8, 4) is 0 Å². The summed E-state index contributed by atoms with van der Waals surface area (Å²) in [4.78, 5) is 10.7. The first-order valence-electron chi connectivity index (χ1n) is 2.68. The number of halogens is 4. The molecule has 2 nitrogen and oxygen atoms in total. The van der Waals surface area contributed by atoms with Gasteiger partial charge < -0.3 is 4.90 Å². The minimum atomic E-state index is -4.57. The predicted octanol–water partition coefficient (Wildman–Crippen LogP) is 0.975. The van der Waals surface area contributed by atoms with E-state index in [4.69, 9.17) is 0 Å². The molecule has 0 aromatic rings. The second-order valence-corrected chi connectivity index (χ2v) is 2.12. The van der Waals surface area contributed by atoms with Crippen molar-refractivity contribution in [3.05, 3.63) is 0 Å². The van der Waals surface area contributed by atoms with Gasteiger partial charge in [0.25, 0.3) is 5.91 Å². The summed E-state index contributed by atoms with van der Waals surface area (Å²) in [6, 6.07) is 0. The van der Waals surface area contributed by atoms with E-state index in [9.17, 15) is 22.4 Å². The highest BCUT2D eigenvalue weighted by Crippen LogP contribution is 2.24. The van der Waals surface area contributed by atoms with Crippen LogP contribution in [0, 0.1) is 0 Å². The van der Waals surface area contributed by atoms with Crippen LogP contribution in [0.15, 0.2) is 0 Å². The molecule has 0 bridgehead atoms. The summed E-state index contributed by atoms with van der Waals surface area (Å²) in [5.74, 6) is -6.45. The van der Waals surface area contributed by atoms with E-state index in [1.165, 1.54) is 0 Å². The predicted molar refractivity (Wildman–Crippen MR) is 29.6 cm³/mol. The van der Waals surface area contributed by atoms with E-state index in [1.807, 2.05) is 0 Å². The second kappa shape index (κ2) is 3.06. The number of carbonyl (C=O) groups is 1. The molecule has 0 fully saturated rings. The van der Waals surface area contributed by atoms with Gasteiger partial charge >= 0.3 is 12.3 Å². The third-order valence-electron chi connectivity index (χ3n) is 0.965. The highest BCUT2D eigenvalue weighted by atomic mass is 19.3. The van der Waals surface area contributed by atoms with Gasteiger partial charge in [-0.05, 0) is 0 Å². The van der Waals surface area contributed by atoms with Crippen molar-refractivity contribution in [3.63, 3.8) is 0 Å². The van der Waals surface area contributed by atoms with E-state index >= 15 is 0 Å². The third-order valence-corrected chi connectivity index (χ3v) is 0.965. The van der Waals surface area contributed by atoms with Gasteiger partial charge in [0.2, 0.25) is 0 Å². The maximum absolute atomic E-state index is 12.0. The topological polar surface area (TPSA) is 20.3 Å². The molecular formula is C5H7F4NO. The molecular weight excluding hydrogens is 166 g/mol. The average molecular weight is 173 g/mol. The summed E-state index contributed by atoms with van der Waals surface area (Å²) in [5.41, 5.74) is 0. The van der Waals surface area contributed by atoms with Crippen molar-refractivity contribution >= 4 is 5.91 Å².